The highest BCUT2D eigenvalue weighted by Crippen LogP contribution is 2.26. The molecule has 0 aliphatic carbocycles. The van der Waals surface area contributed by atoms with Crippen LogP contribution in [0.2, 0.25) is 0 Å². The van der Waals surface area contributed by atoms with Crippen molar-refractivity contribution in [3.8, 4) is 5.69 Å². The topological polar surface area (TPSA) is 98.3 Å². The van der Waals surface area contributed by atoms with E-state index in [-0.39, 0.29) is 17.3 Å². The number of non-ortho nitro benzene ring substituents is 1. The second kappa shape index (κ2) is 5.35. The van der Waals surface area contributed by atoms with Gasteiger partial charge in [0.15, 0.2) is 5.69 Å². The van der Waals surface area contributed by atoms with Gasteiger partial charge >= 0.3 is 5.97 Å². The average Bonchev–Trinajstić information content (AvgIpc) is 2.76. The summed E-state index contributed by atoms with van der Waals surface area (Å²) in [6.45, 7) is 5.60. The maximum atomic E-state index is 11.2. The first-order valence-corrected chi connectivity index (χ1v) is 6.40. The molecule has 110 valence electrons. The summed E-state index contributed by atoms with van der Waals surface area (Å²) in [5.74, 6) is -1.02. The van der Waals surface area contributed by atoms with Gasteiger partial charge in [0.2, 0.25) is 0 Å². The summed E-state index contributed by atoms with van der Waals surface area (Å²) >= 11 is 0. The minimum absolute atomic E-state index is 0.00273. The van der Waals surface area contributed by atoms with Crippen LogP contribution in [0.3, 0.4) is 0 Å². The maximum Gasteiger partial charge on any atom is 0.356 e. The molecule has 7 heteroatoms. The molecule has 0 spiro atoms. The Morgan fingerprint density at radius 1 is 1.33 bits per heavy atom. The van der Waals surface area contributed by atoms with Crippen LogP contribution in [0.4, 0.5) is 5.69 Å². The molecule has 2 aromatic rings. The van der Waals surface area contributed by atoms with E-state index in [9.17, 15) is 20.0 Å². The molecule has 1 heterocycles. The van der Waals surface area contributed by atoms with E-state index in [0.29, 0.717) is 11.3 Å². The fourth-order valence-electron chi connectivity index (χ4n) is 2.30. The molecule has 0 saturated carbocycles. The third kappa shape index (κ3) is 2.62. The lowest BCUT2D eigenvalue weighted by molar-refractivity contribution is -0.384. The molecule has 7 nitrogen and oxygen atoms in total. The Hall–Kier alpha value is -2.70. The number of hydrogen-bond acceptors (Lipinski definition) is 4. The quantitative estimate of drug-likeness (QED) is 0.689. The van der Waals surface area contributed by atoms with Crippen LogP contribution in [0.15, 0.2) is 24.3 Å². The van der Waals surface area contributed by atoms with E-state index in [2.05, 4.69) is 5.10 Å². The van der Waals surface area contributed by atoms with Crippen LogP contribution in [-0.2, 0) is 0 Å². The molecule has 0 aliphatic rings. The molecule has 0 amide bonds. The molecule has 0 bridgehead atoms. The summed E-state index contributed by atoms with van der Waals surface area (Å²) in [6.07, 6.45) is 0. The molecule has 0 atom stereocenters. The Balaban J connectivity index is 2.59. The van der Waals surface area contributed by atoms with Gasteiger partial charge in [-0.05, 0) is 25.0 Å². The lowest BCUT2D eigenvalue weighted by Crippen LogP contribution is -2.05. The number of carbonyl (C=O) groups is 1. The van der Waals surface area contributed by atoms with Crippen LogP contribution >= 0.6 is 0 Å². The highest BCUT2D eigenvalue weighted by molar-refractivity contribution is 5.87. The molecule has 2 rings (SSSR count). The Morgan fingerprint density at radius 2 is 1.90 bits per heavy atom. The molecule has 21 heavy (non-hydrogen) atoms. The van der Waals surface area contributed by atoms with E-state index in [1.807, 2.05) is 13.8 Å². The molecular formula is C14H15N3O4. The van der Waals surface area contributed by atoms with Crippen LogP contribution in [0.25, 0.3) is 5.69 Å². The standard InChI is InChI=1S/C14H15N3O4/c1-8(2)13-9(3)12(14(18)19)15-16(13)10-4-6-11(7-5-10)17(20)21/h4-8H,1-3H3,(H,18,19). The molecule has 1 N–H and O–H groups in total. The van der Waals surface area contributed by atoms with E-state index < -0.39 is 10.9 Å². The highest BCUT2D eigenvalue weighted by atomic mass is 16.6. The average molecular weight is 289 g/mol. The number of nitro benzene ring substituents is 1. The highest BCUT2D eigenvalue weighted by Gasteiger charge is 2.22. The zero-order valence-corrected chi connectivity index (χ0v) is 11.9. The third-order valence-corrected chi connectivity index (χ3v) is 3.22. The molecule has 0 radical (unpaired) electrons. The fraction of sp³-hybridized carbons (Fsp3) is 0.286. The minimum Gasteiger partial charge on any atom is -0.476 e. The molecule has 1 aromatic heterocycles. The van der Waals surface area contributed by atoms with Crippen molar-refractivity contribution in [2.45, 2.75) is 26.7 Å². The van der Waals surface area contributed by atoms with Gasteiger partial charge in [0.1, 0.15) is 0 Å². The van der Waals surface area contributed by atoms with E-state index in [4.69, 9.17) is 0 Å². The smallest absolute Gasteiger partial charge is 0.356 e. The van der Waals surface area contributed by atoms with Crippen LogP contribution in [0.1, 0.15) is 41.5 Å². The van der Waals surface area contributed by atoms with Crippen molar-refractivity contribution in [2.75, 3.05) is 0 Å². The second-order valence-corrected chi connectivity index (χ2v) is 5.00. The number of hydrogen-bond donors (Lipinski definition) is 1. The monoisotopic (exact) mass is 289 g/mol. The van der Waals surface area contributed by atoms with Gasteiger partial charge in [-0.3, -0.25) is 10.1 Å². The molecular weight excluding hydrogens is 274 g/mol. The number of aromatic carboxylic acids is 1. The van der Waals surface area contributed by atoms with Crippen LogP contribution in [-0.4, -0.2) is 25.8 Å². The number of benzene rings is 1. The predicted octanol–water partition coefficient (Wildman–Crippen LogP) is 2.91. The molecule has 0 unspecified atom stereocenters. The van der Waals surface area contributed by atoms with Crippen molar-refractivity contribution < 1.29 is 14.8 Å². The molecule has 1 aromatic carbocycles. The summed E-state index contributed by atoms with van der Waals surface area (Å²) in [6, 6.07) is 5.86. The molecule has 0 aliphatic heterocycles. The SMILES string of the molecule is Cc1c(C(=O)O)nn(-c2ccc([N+](=O)[O-])cc2)c1C(C)C. The van der Waals surface area contributed by atoms with Crippen LogP contribution in [0, 0.1) is 17.0 Å². The van der Waals surface area contributed by atoms with E-state index in [1.54, 1.807) is 19.1 Å². The second-order valence-electron chi connectivity index (χ2n) is 5.00. The fourth-order valence-corrected chi connectivity index (χ4v) is 2.30. The number of carboxylic acids is 1. The molecule has 0 fully saturated rings. The minimum atomic E-state index is -1.09. The Labute approximate surface area is 121 Å². The van der Waals surface area contributed by atoms with Crippen molar-refractivity contribution in [2.24, 2.45) is 0 Å². The van der Waals surface area contributed by atoms with Gasteiger partial charge in [0, 0.05) is 17.7 Å². The van der Waals surface area contributed by atoms with Gasteiger partial charge in [0.05, 0.1) is 16.3 Å². The van der Waals surface area contributed by atoms with Gasteiger partial charge in [-0.2, -0.15) is 5.10 Å². The van der Waals surface area contributed by atoms with Gasteiger partial charge in [0.25, 0.3) is 5.69 Å². The van der Waals surface area contributed by atoms with Gasteiger partial charge in [-0.25, -0.2) is 9.48 Å². The van der Waals surface area contributed by atoms with Crippen molar-refractivity contribution >= 4 is 11.7 Å². The Bertz CT molecular complexity index is 702. The Kier molecular flexibility index (Phi) is 3.75. The predicted molar refractivity (Wildman–Crippen MR) is 76.0 cm³/mol. The summed E-state index contributed by atoms with van der Waals surface area (Å²) < 4.78 is 1.53. The van der Waals surface area contributed by atoms with Crippen molar-refractivity contribution in [1.82, 2.24) is 9.78 Å². The summed E-state index contributed by atoms with van der Waals surface area (Å²) in [5, 5.41) is 24.0. The maximum absolute atomic E-state index is 11.2. The van der Waals surface area contributed by atoms with Crippen molar-refractivity contribution in [1.29, 1.82) is 0 Å². The first-order valence-electron chi connectivity index (χ1n) is 6.40. The van der Waals surface area contributed by atoms with Crippen LogP contribution < -0.4 is 0 Å². The van der Waals surface area contributed by atoms with E-state index in [0.717, 1.165) is 5.69 Å². The number of nitrogens with zero attached hydrogens (tertiary/aromatic N) is 3. The van der Waals surface area contributed by atoms with Gasteiger partial charge in [-0.1, -0.05) is 13.8 Å². The summed E-state index contributed by atoms with van der Waals surface area (Å²) in [7, 11) is 0. The first kappa shape index (κ1) is 14.7. The van der Waals surface area contributed by atoms with Crippen molar-refractivity contribution in [3.05, 3.63) is 51.3 Å². The lowest BCUT2D eigenvalue weighted by Gasteiger charge is -2.11. The van der Waals surface area contributed by atoms with E-state index >= 15 is 0 Å². The number of rotatable bonds is 4. The number of aromatic nitrogens is 2. The third-order valence-electron chi connectivity index (χ3n) is 3.22. The summed E-state index contributed by atoms with van der Waals surface area (Å²) in [5.41, 5.74) is 1.96. The summed E-state index contributed by atoms with van der Waals surface area (Å²) in [4.78, 5) is 21.4. The zero-order chi connectivity index (χ0) is 15.7. The van der Waals surface area contributed by atoms with E-state index in [1.165, 1.54) is 16.8 Å². The van der Waals surface area contributed by atoms with Crippen LogP contribution in [0.5, 0.6) is 0 Å². The largest absolute Gasteiger partial charge is 0.476 e. The normalized spacial score (nSPS) is 10.9. The van der Waals surface area contributed by atoms with Gasteiger partial charge in [-0.15, -0.1) is 0 Å². The first-order chi connectivity index (χ1) is 9.82. The number of carboxylic acid groups (broad SMARTS) is 1. The van der Waals surface area contributed by atoms with Gasteiger partial charge < -0.3 is 5.11 Å². The number of nitro groups is 1. The lowest BCUT2D eigenvalue weighted by atomic mass is 10.0. The molecule has 0 saturated heterocycles. The Morgan fingerprint density at radius 3 is 2.33 bits per heavy atom. The zero-order valence-electron chi connectivity index (χ0n) is 11.9. The van der Waals surface area contributed by atoms with Crippen molar-refractivity contribution in [3.63, 3.8) is 0 Å².